The van der Waals surface area contributed by atoms with Gasteiger partial charge in [-0.05, 0) is 37.9 Å². The number of benzene rings is 2. The summed E-state index contributed by atoms with van der Waals surface area (Å²) in [7, 11) is 1.67. The molecule has 1 saturated heterocycles. The zero-order valence-corrected chi connectivity index (χ0v) is 26.3. The quantitative estimate of drug-likeness (QED) is 0.355. The van der Waals surface area contributed by atoms with Crippen LogP contribution in [0.15, 0.2) is 60.7 Å². The highest BCUT2D eigenvalue weighted by molar-refractivity contribution is 5.95. The van der Waals surface area contributed by atoms with E-state index in [4.69, 9.17) is 0 Å². The van der Waals surface area contributed by atoms with Gasteiger partial charge in [-0.1, -0.05) is 113 Å². The molecule has 0 spiro atoms. The summed E-state index contributed by atoms with van der Waals surface area (Å²) in [6, 6.07) is 17.4. The van der Waals surface area contributed by atoms with Gasteiger partial charge in [0.1, 0.15) is 6.04 Å². The van der Waals surface area contributed by atoms with Crippen LogP contribution in [-0.2, 0) is 19.2 Å². The van der Waals surface area contributed by atoms with E-state index in [1.165, 1.54) is 43.4 Å². The first-order valence-electron chi connectivity index (χ1n) is 15.9. The number of Topliss-reactive ketones (excluding diaryl/α,β-unsaturated/α-hetero) is 1. The van der Waals surface area contributed by atoms with Gasteiger partial charge < -0.3 is 20.9 Å². The molecule has 43 heavy (non-hydrogen) atoms. The standard InChI is InChI=1S/C29H38N4O4.C6H12/c1-19(2)27(35)26(25(21-12-7-5-8-13-21)22-14-9-6-10-15-22)32-29(37)23-16-11-17-33(23)24(34)18-31-28(36)20(3)30-4;1-2-4-6-5-3-1/h5-10,12-15,19-20,23,25-26,30H,11,16-18H2,1-4H3,(H,31,36)(H,32,37);1-6H2/t20?,23-,26?;/m0./s1. The average molecular weight is 591 g/mol. The molecule has 1 heterocycles. The lowest BCUT2D eigenvalue weighted by Gasteiger charge is -2.32. The largest absolute Gasteiger partial charge is 0.346 e. The summed E-state index contributed by atoms with van der Waals surface area (Å²) in [6.07, 6.45) is 10.2. The van der Waals surface area contributed by atoms with Crippen LogP contribution >= 0.6 is 0 Å². The third-order valence-electron chi connectivity index (χ3n) is 8.44. The number of carbonyl (C=O) groups excluding carboxylic acids is 4. The van der Waals surface area contributed by atoms with E-state index >= 15 is 0 Å². The maximum absolute atomic E-state index is 13.6. The van der Waals surface area contributed by atoms with Crippen molar-refractivity contribution < 1.29 is 19.2 Å². The van der Waals surface area contributed by atoms with Gasteiger partial charge in [-0.15, -0.1) is 0 Å². The fourth-order valence-electron chi connectivity index (χ4n) is 5.77. The van der Waals surface area contributed by atoms with Crippen LogP contribution in [0.4, 0.5) is 0 Å². The van der Waals surface area contributed by atoms with Gasteiger partial charge in [-0.25, -0.2) is 0 Å². The van der Waals surface area contributed by atoms with Crippen LogP contribution in [0.2, 0.25) is 0 Å². The van der Waals surface area contributed by atoms with E-state index in [0.717, 1.165) is 11.1 Å². The lowest BCUT2D eigenvalue weighted by molar-refractivity contribution is -0.140. The van der Waals surface area contributed by atoms with Crippen LogP contribution in [0.3, 0.4) is 0 Å². The highest BCUT2D eigenvalue weighted by Crippen LogP contribution is 2.30. The second-order valence-corrected chi connectivity index (χ2v) is 11.9. The zero-order chi connectivity index (χ0) is 31.2. The molecule has 2 fully saturated rings. The Morgan fingerprint density at radius 1 is 0.791 bits per heavy atom. The Morgan fingerprint density at radius 3 is 1.77 bits per heavy atom. The van der Waals surface area contributed by atoms with E-state index in [1.54, 1.807) is 14.0 Å². The second-order valence-electron chi connectivity index (χ2n) is 11.9. The van der Waals surface area contributed by atoms with Crippen molar-refractivity contribution >= 4 is 23.5 Å². The van der Waals surface area contributed by atoms with Crippen LogP contribution in [-0.4, -0.2) is 66.7 Å². The second kappa shape index (κ2) is 17.6. The van der Waals surface area contributed by atoms with Crippen LogP contribution in [0, 0.1) is 5.92 Å². The summed E-state index contributed by atoms with van der Waals surface area (Å²) in [4.78, 5) is 53.6. The van der Waals surface area contributed by atoms with Gasteiger partial charge in [0.15, 0.2) is 5.78 Å². The number of likely N-dealkylation sites (N-methyl/N-ethyl adjacent to an activating group) is 1. The summed E-state index contributed by atoms with van der Waals surface area (Å²) in [5.41, 5.74) is 1.85. The van der Waals surface area contributed by atoms with E-state index in [1.807, 2.05) is 74.5 Å². The molecular formula is C35H50N4O4. The first kappa shape index (κ1) is 34.0. The summed E-state index contributed by atoms with van der Waals surface area (Å²) in [5.74, 6) is -1.71. The molecule has 234 valence electrons. The normalized spacial score (nSPS) is 17.9. The smallest absolute Gasteiger partial charge is 0.243 e. The first-order chi connectivity index (χ1) is 20.7. The molecule has 1 saturated carbocycles. The summed E-state index contributed by atoms with van der Waals surface area (Å²) in [5, 5.41) is 8.49. The van der Waals surface area contributed by atoms with Crippen molar-refractivity contribution in [3.63, 3.8) is 0 Å². The van der Waals surface area contributed by atoms with Crippen molar-refractivity contribution in [2.45, 2.75) is 96.2 Å². The number of likely N-dealkylation sites (tertiary alicyclic amines) is 1. The van der Waals surface area contributed by atoms with Crippen LogP contribution in [0.5, 0.6) is 0 Å². The zero-order valence-electron chi connectivity index (χ0n) is 26.3. The Hall–Kier alpha value is -3.52. The van der Waals surface area contributed by atoms with E-state index < -0.39 is 18.1 Å². The van der Waals surface area contributed by atoms with Crippen molar-refractivity contribution in [1.29, 1.82) is 0 Å². The maximum atomic E-state index is 13.6. The number of ketones is 1. The van der Waals surface area contributed by atoms with Gasteiger partial charge in [0.05, 0.1) is 18.6 Å². The number of rotatable bonds is 11. The Labute approximate surface area is 257 Å². The Morgan fingerprint density at radius 2 is 1.30 bits per heavy atom. The Bertz CT molecular complexity index is 1120. The van der Waals surface area contributed by atoms with Gasteiger partial charge in [0.25, 0.3) is 0 Å². The average Bonchev–Trinajstić information content (AvgIpc) is 3.55. The molecule has 0 radical (unpaired) electrons. The van der Waals surface area contributed by atoms with Gasteiger partial charge in [-0.3, -0.25) is 19.2 Å². The topological polar surface area (TPSA) is 108 Å². The third-order valence-corrected chi connectivity index (χ3v) is 8.44. The van der Waals surface area contributed by atoms with E-state index in [9.17, 15) is 19.2 Å². The van der Waals surface area contributed by atoms with Crippen molar-refractivity contribution in [2.24, 2.45) is 5.92 Å². The lowest BCUT2D eigenvalue weighted by atomic mass is 9.80. The lowest BCUT2D eigenvalue weighted by Crippen LogP contribution is -2.55. The molecule has 8 heteroatoms. The number of amides is 3. The monoisotopic (exact) mass is 590 g/mol. The molecule has 4 rings (SSSR count). The minimum atomic E-state index is -0.800. The molecular weight excluding hydrogens is 540 g/mol. The van der Waals surface area contributed by atoms with Crippen molar-refractivity contribution in [3.05, 3.63) is 71.8 Å². The number of hydrogen-bond acceptors (Lipinski definition) is 5. The fraction of sp³-hybridized carbons (Fsp3) is 0.543. The predicted molar refractivity (Wildman–Crippen MR) is 170 cm³/mol. The predicted octanol–water partition coefficient (Wildman–Crippen LogP) is 4.58. The van der Waals surface area contributed by atoms with Gasteiger partial charge in [0, 0.05) is 18.4 Å². The minimum absolute atomic E-state index is 0.0738. The molecule has 2 unspecified atom stereocenters. The summed E-state index contributed by atoms with van der Waals surface area (Å²) >= 11 is 0. The molecule has 0 bridgehead atoms. The third kappa shape index (κ3) is 10.0. The number of nitrogens with zero attached hydrogens (tertiary/aromatic N) is 1. The van der Waals surface area contributed by atoms with Crippen LogP contribution in [0.1, 0.15) is 89.2 Å². The maximum Gasteiger partial charge on any atom is 0.243 e. The minimum Gasteiger partial charge on any atom is -0.346 e. The van der Waals surface area contributed by atoms with Crippen LogP contribution < -0.4 is 16.0 Å². The SMILES string of the molecule is C1CCCCC1.CNC(C)C(=O)NCC(=O)N1CCC[C@H]1C(=O)NC(C(=O)C(C)C)C(c1ccccc1)c1ccccc1. The van der Waals surface area contributed by atoms with E-state index in [-0.39, 0.29) is 41.9 Å². The van der Waals surface area contributed by atoms with E-state index in [2.05, 4.69) is 16.0 Å². The van der Waals surface area contributed by atoms with E-state index in [0.29, 0.717) is 19.4 Å². The van der Waals surface area contributed by atoms with Gasteiger partial charge >= 0.3 is 0 Å². The molecule has 2 aromatic rings. The van der Waals surface area contributed by atoms with Crippen LogP contribution in [0.25, 0.3) is 0 Å². The highest BCUT2D eigenvalue weighted by Gasteiger charge is 2.39. The Balaban J connectivity index is 0.000000749. The molecule has 8 nitrogen and oxygen atoms in total. The highest BCUT2D eigenvalue weighted by atomic mass is 16.2. The van der Waals surface area contributed by atoms with Crippen molar-refractivity contribution in [2.75, 3.05) is 20.1 Å². The Kier molecular flexibility index (Phi) is 13.9. The molecule has 3 amide bonds. The van der Waals surface area contributed by atoms with Crippen molar-refractivity contribution in [3.8, 4) is 0 Å². The van der Waals surface area contributed by atoms with Crippen molar-refractivity contribution in [1.82, 2.24) is 20.9 Å². The molecule has 2 aromatic carbocycles. The molecule has 3 N–H and O–H groups in total. The number of hydrogen-bond donors (Lipinski definition) is 3. The summed E-state index contributed by atoms with van der Waals surface area (Å²) in [6.45, 7) is 5.61. The summed E-state index contributed by atoms with van der Waals surface area (Å²) < 4.78 is 0. The first-order valence-corrected chi connectivity index (χ1v) is 15.9. The van der Waals surface area contributed by atoms with Gasteiger partial charge in [-0.2, -0.15) is 0 Å². The fourth-order valence-corrected chi connectivity index (χ4v) is 5.77. The molecule has 2 aliphatic rings. The van der Waals surface area contributed by atoms with Gasteiger partial charge in [0.2, 0.25) is 17.7 Å². The molecule has 1 aliphatic carbocycles. The molecule has 0 aromatic heterocycles. The molecule has 1 aliphatic heterocycles. The number of nitrogens with one attached hydrogen (secondary N) is 3. The molecule has 3 atom stereocenters. The number of carbonyl (C=O) groups is 4.